The van der Waals surface area contributed by atoms with E-state index in [1.165, 1.54) is 11.1 Å². The van der Waals surface area contributed by atoms with Gasteiger partial charge in [-0.1, -0.05) is 12.1 Å². The second kappa shape index (κ2) is 5.97. The average Bonchev–Trinajstić information content (AvgIpc) is 2.76. The first-order valence-corrected chi connectivity index (χ1v) is 6.93. The van der Waals surface area contributed by atoms with E-state index >= 15 is 0 Å². The Hall–Kier alpha value is -1.15. The van der Waals surface area contributed by atoms with Crippen LogP contribution in [0.25, 0.3) is 0 Å². The van der Waals surface area contributed by atoms with Gasteiger partial charge in [0.1, 0.15) is 0 Å². The molecule has 0 amide bonds. The maximum Gasteiger partial charge on any atom is 0.0991 e. The van der Waals surface area contributed by atoms with Gasteiger partial charge in [-0.15, -0.1) is 0 Å². The molecular weight excluding hydrogens is 296 g/mol. The highest BCUT2D eigenvalue weighted by atomic mass is 79.9. The van der Waals surface area contributed by atoms with Crippen molar-refractivity contribution in [3.05, 3.63) is 56.2 Å². The molecule has 0 unspecified atom stereocenters. The van der Waals surface area contributed by atoms with Crippen molar-refractivity contribution < 1.29 is 0 Å². The van der Waals surface area contributed by atoms with Crippen molar-refractivity contribution in [2.24, 2.45) is 0 Å². The Morgan fingerprint density at radius 3 is 2.53 bits per heavy atom. The summed E-state index contributed by atoms with van der Waals surface area (Å²) in [5.74, 6) is 0. The number of halogens is 1. The van der Waals surface area contributed by atoms with Crippen molar-refractivity contribution in [1.29, 1.82) is 5.26 Å². The van der Waals surface area contributed by atoms with Crippen LogP contribution in [0.2, 0.25) is 0 Å². The molecule has 0 atom stereocenters. The van der Waals surface area contributed by atoms with Crippen LogP contribution in [0.15, 0.2) is 39.5 Å². The van der Waals surface area contributed by atoms with Gasteiger partial charge in [-0.3, -0.25) is 0 Å². The average molecular weight is 307 g/mol. The second-order valence-electron chi connectivity index (χ2n) is 3.66. The van der Waals surface area contributed by atoms with Crippen molar-refractivity contribution >= 4 is 27.3 Å². The Morgan fingerprint density at radius 1 is 1.18 bits per heavy atom. The molecule has 86 valence electrons. The third-order valence-electron chi connectivity index (χ3n) is 2.42. The third kappa shape index (κ3) is 3.40. The number of nitrogens with one attached hydrogen (secondary N) is 1. The van der Waals surface area contributed by atoms with Crippen molar-refractivity contribution in [3.63, 3.8) is 0 Å². The minimum Gasteiger partial charge on any atom is -0.309 e. The lowest BCUT2D eigenvalue weighted by Crippen LogP contribution is -2.12. The van der Waals surface area contributed by atoms with E-state index in [9.17, 15) is 0 Å². The summed E-state index contributed by atoms with van der Waals surface area (Å²) in [4.78, 5) is 0. The molecule has 2 rings (SSSR count). The highest BCUT2D eigenvalue weighted by Gasteiger charge is 2.00. The predicted molar refractivity (Wildman–Crippen MR) is 73.7 cm³/mol. The minimum absolute atomic E-state index is 0.703. The number of nitrogens with zero attached hydrogens (tertiary/aromatic N) is 1. The number of benzene rings is 1. The van der Waals surface area contributed by atoms with Crippen molar-refractivity contribution in [2.45, 2.75) is 13.1 Å². The van der Waals surface area contributed by atoms with Gasteiger partial charge in [0.05, 0.1) is 11.6 Å². The number of hydrogen-bond acceptors (Lipinski definition) is 3. The molecule has 0 radical (unpaired) electrons. The molecule has 17 heavy (non-hydrogen) atoms. The van der Waals surface area contributed by atoms with Crippen LogP contribution in [0.5, 0.6) is 0 Å². The molecule has 0 spiro atoms. The van der Waals surface area contributed by atoms with Crippen molar-refractivity contribution in [1.82, 2.24) is 5.32 Å². The fourth-order valence-corrected chi connectivity index (χ4v) is 2.92. The molecule has 0 aliphatic rings. The van der Waals surface area contributed by atoms with Crippen LogP contribution in [0.4, 0.5) is 0 Å². The summed E-state index contributed by atoms with van der Waals surface area (Å²) in [5, 5.41) is 16.3. The first-order chi connectivity index (χ1) is 8.29. The first-order valence-electron chi connectivity index (χ1n) is 5.20. The van der Waals surface area contributed by atoms with Crippen LogP contribution in [0.1, 0.15) is 16.7 Å². The van der Waals surface area contributed by atoms with E-state index in [-0.39, 0.29) is 0 Å². The number of rotatable bonds is 4. The zero-order valence-corrected chi connectivity index (χ0v) is 11.5. The Morgan fingerprint density at radius 2 is 1.94 bits per heavy atom. The summed E-state index contributed by atoms with van der Waals surface area (Å²) in [6, 6.07) is 9.77. The highest BCUT2D eigenvalue weighted by molar-refractivity contribution is 9.10. The maximum atomic E-state index is 8.69. The number of nitriles is 1. The Bertz CT molecular complexity index is 525. The van der Waals surface area contributed by atoms with Crippen molar-refractivity contribution in [3.8, 4) is 6.07 Å². The fourth-order valence-electron chi connectivity index (χ4n) is 1.47. The van der Waals surface area contributed by atoms with Crippen LogP contribution < -0.4 is 5.32 Å². The molecule has 0 saturated carbocycles. The van der Waals surface area contributed by atoms with Gasteiger partial charge >= 0.3 is 0 Å². The Kier molecular flexibility index (Phi) is 4.32. The minimum atomic E-state index is 0.703. The fraction of sp³-hybridized carbons (Fsp3) is 0.154. The smallest absolute Gasteiger partial charge is 0.0991 e. The summed E-state index contributed by atoms with van der Waals surface area (Å²) in [7, 11) is 0. The molecule has 1 N–H and O–H groups in total. The van der Waals surface area contributed by atoms with Crippen LogP contribution in [0, 0.1) is 11.3 Å². The second-order valence-corrected chi connectivity index (χ2v) is 5.26. The van der Waals surface area contributed by atoms with Gasteiger partial charge in [-0.25, -0.2) is 0 Å². The highest BCUT2D eigenvalue weighted by Crippen LogP contribution is 2.20. The topological polar surface area (TPSA) is 35.8 Å². The molecule has 1 aromatic heterocycles. The molecule has 0 saturated heterocycles. The van der Waals surface area contributed by atoms with Crippen LogP contribution in [-0.2, 0) is 13.1 Å². The lowest BCUT2D eigenvalue weighted by molar-refractivity contribution is 0.693. The van der Waals surface area contributed by atoms with Crippen LogP contribution in [-0.4, -0.2) is 0 Å². The Labute approximate surface area is 113 Å². The molecule has 0 aliphatic carbocycles. The van der Waals surface area contributed by atoms with Gasteiger partial charge in [0, 0.05) is 22.9 Å². The SMILES string of the molecule is N#Cc1ccc(CNCc2cscc2Br)cc1. The van der Waals surface area contributed by atoms with E-state index < -0.39 is 0 Å². The molecule has 1 aromatic carbocycles. The summed E-state index contributed by atoms with van der Waals surface area (Å²) >= 11 is 5.20. The lowest BCUT2D eigenvalue weighted by atomic mass is 10.1. The van der Waals surface area contributed by atoms with E-state index in [4.69, 9.17) is 5.26 Å². The van der Waals surface area contributed by atoms with Gasteiger partial charge in [0.2, 0.25) is 0 Å². The van der Waals surface area contributed by atoms with Gasteiger partial charge in [0.25, 0.3) is 0 Å². The van der Waals surface area contributed by atoms with Crippen molar-refractivity contribution in [2.75, 3.05) is 0 Å². The summed E-state index contributed by atoms with van der Waals surface area (Å²) in [5.41, 5.74) is 3.17. The summed E-state index contributed by atoms with van der Waals surface area (Å²) in [6.07, 6.45) is 0. The van der Waals surface area contributed by atoms with E-state index in [0.29, 0.717) is 5.56 Å². The molecule has 2 nitrogen and oxygen atoms in total. The van der Waals surface area contributed by atoms with E-state index in [1.54, 1.807) is 11.3 Å². The van der Waals surface area contributed by atoms with Gasteiger partial charge in [-0.05, 0) is 44.6 Å². The van der Waals surface area contributed by atoms with Gasteiger partial charge in [0.15, 0.2) is 0 Å². The molecule has 4 heteroatoms. The predicted octanol–water partition coefficient (Wildman–Crippen LogP) is 3.67. The molecule has 0 fully saturated rings. The number of thiophene rings is 1. The van der Waals surface area contributed by atoms with Gasteiger partial charge < -0.3 is 5.32 Å². The van der Waals surface area contributed by atoms with Gasteiger partial charge in [-0.2, -0.15) is 16.6 Å². The quantitative estimate of drug-likeness (QED) is 0.935. The Balaban J connectivity index is 1.86. The molecule has 2 aromatic rings. The summed E-state index contributed by atoms with van der Waals surface area (Å²) in [6.45, 7) is 1.66. The van der Waals surface area contributed by atoms with Crippen LogP contribution >= 0.6 is 27.3 Å². The summed E-state index contributed by atoms with van der Waals surface area (Å²) < 4.78 is 1.16. The first kappa shape index (κ1) is 12.3. The zero-order chi connectivity index (χ0) is 12.1. The van der Waals surface area contributed by atoms with E-state index in [0.717, 1.165) is 17.6 Å². The molecule has 0 bridgehead atoms. The maximum absolute atomic E-state index is 8.69. The van der Waals surface area contributed by atoms with E-state index in [2.05, 4.69) is 38.1 Å². The molecular formula is C13H11BrN2S. The normalized spacial score (nSPS) is 10.1. The van der Waals surface area contributed by atoms with Crippen LogP contribution in [0.3, 0.4) is 0 Å². The largest absolute Gasteiger partial charge is 0.309 e. The standard InChI is InChI=1S/C13H11BrN2S/c14-13-9-17-8-12(13)7-16-6-11-3-1-10(5-15)2-4-11/h1-4,8-9,16H,6-7H2. The lowest BCUT2D eigenvalue weighted by Gasteiger charge is -2.04. The molecule has 1 heterocycles. The monoisotopic (exact) mass is 306 g/mol. The number of hydrogen-bond donors (Lipinski definition) is 1. The molecule has 0 aliphatic heterocycles. The van der Waals surface area contributed by atoms with E-state index in [1.807, 2.05) is 24.3 Å². The third-order valence-corrected chi connectivity index (χ3v) is 4.25. The zero-order valence-electron chi connectivity index (χ0n) is 9.11.